The van der Waals surface area contributed by atoms with E-state index in [0.717, 1.165) is 111 Å². The Balaban J connectivity index is 0.000000102. The lowest BCUT2D eigenvalue weighted by atomic mass is 10.0. The molecule has 0 aliphatic heterocycles. The first-order valence-electron chi connectivity index (χ1n) is 46.6. The highest BCUT2D eigenvalue weighted by Gasteiger charge is 2.24. The highest BCUT2D eigenvalue weighted by Crippen LogP contribution is 2.42. The Labute approximate surface area is 806 Å². The molecule has 0 atom stereocenters. The van der Waals surface area contributed by atoms with Crippen molar-refractivity contribution in [2.45, 2.75) is 0 Å². The van der Waals surface area contributed by atoms with Crippen molar-refractivity contribution in [2.24, 2.45) is 0 Å². The monoisotopic (exact) mass is 1790 g/mol. The molecule has 27 rings (SSSR count). The minimum Gasteiger partial charge on any atom is -0.309 e. The van der Waals surface area contributed by atoms with Crippen LogP contribution in [0.3, 0.4) is 0 Å². The van der Waals surface area contributed by atoms with E-state index in [1.807, 2.05) is 212 Å². The van der Waals surface area contributed by atoms with Crippen LogP contribution in [-0.4, -0.2) is 73.1 Å². The molecule has 0 radical (unpaired) electrons. The van der Waals surface area contributed by atoms with Gasteiger partial charge in [-0.05, 0) is 113 Å². The number of nitrogens with zero attached hydrogens (tertiary/aromatic N) is 15. The van der Waals surface area contributed by atoms with E-state index in [1.54, 1.807) is 0 Å². The van der Waals surface area contributed by atoms with Gasteiger partial charge in [-0.1, -0.05) is 413 Å². The van der Waals surface area contributed by atoms with Crippen LogP contribution < -0.4 is 0 Å². The summed E-state index contributed by atoms with van der Waals surface area (Å²) in [5.74, 6) is 6.48. The summed E-state index contributed by atoms with van der Waals surface area (Å²) in [6.45, 7) is 0. The SMILES string of the molecule is c1ccc(-c2ccc3c(c2)c2cc(-c4ccccc4)ccc2n3-c2nc(-c3ccccc3)nc(-c3ccccc3)n2)cc1.c1ccc(-c2nc(-c3ccccc3)nc(-c3ccc(-n4c5ccccc5c5ccccc54)cc3)n2)cc1.c1ccc(-c2nc(-c3ccccc3)nc(-n3c4ccccc4c4ccccc43)n2)cc1.c1ccc(-c2nc(-n3c4ccccc4c4ccccc43)nc3ccccc23)cc1. The second kappa shape index (κ2) is 37.3. The Hall–Kier alpha value is -19.3. The maximum Gasteiger partial charge on any atom is 0.238 e. The summed E-state index contributed by atoms with van der Waals surface area (Å²) < 4.78 is 8.79. The lowest BCUT2D eigenvalue weighted by Gasteiger charge is -2.11. The molecule has 0 saturated heterocycles. The number of fused-ring (bicyclic) bond motifs is 13. The van der Waals surface area contributed by atoms with Gasteiger partial charge in [0.25, 0.3) is 0 Å². The molecular formula is C125H83N15. The van der Waals surface area contributed by atoms with E-state index in [0.29, 0.717) is 58.6 Å². The molecule has 8 aromatic heterocycles. The third kappa shape index (κ3) is 16.3. The van der Waals surface area contributed by atoms with Gasteiger partial charge in [-0.25, -0.2) is 34.9 Å². The molecule has 0 N–H and O–H groups in total. The van der Waals surface area contributed by atoms with E-state index < -0.39 is 0 Å². The molecule has 0 amide bonds. The number of para-hydroxylation sites is 7. The number of rotatable bonds is 14. The third-order valence-electron chi connectivity index (χ3n) is 25.4. The number of benzene rings is 19. The Kier molecular flexibility index (Phi) is 22.3. The topological polar surface area (TPSA) is 162 Å². The van der Waals surface area contributed by atoms with Crippen LogP contribution in [0.5, 0.6) is 0 Å². The van der Waals surface area contributed by atoms with Crippen molar-refractivity contribution in [2.75, 3.05) is 0 Å². The molecule has 27 aromatic rings. The fourth-order valence-corrected chi connectivity index (χ4v) is 18.8. The van der Waals surface area contributed by atoms with E-state index >= 15 is 0 Å². The van der Waals surface area contributed by atoms with Crippen molar-refractivity contribution >= 4 is 98.1 Å². The van der Waals surface area contributed by atoms with Gasteiger partial charge in [0.05, 0.1) is 55.3 Å². The average Bonchev–Trinajstić information content (AvgIpc) is 1.58. The Bertz CT molecular complexity index is 8780. The minimum absolute atomic E-state index is 0.590. The molecule has 0 aliphatic carbocycles. The average molecular weight is 1800 g/mol. The van der Waals surface area contributed by atoms with E-state index in [4.69, 9.17) is 54.8 Å². The smallest absolute Gasteiger partial charge is 0.238 e. The van der Waals surface area contributed by atoms with Gasteiger partial charge in [0.15, 0.2) is 40.8 Å². The third-order valence-corrected chi connectivity index (χ3v) is 25.4. The molecule has 0 aliphatic rings. The Morgan fingerprint density at radius 2 is 0.329 bits per heavy atom. The van der Waals surface area contributed by atoms with Crippen LogP contribution in [0.25, 0.3) is 235 Å². The molecule has 658 valence electrons. The lowest BCUT2D eigenvalue weighted by molar-refractivity contribution is 0.953. The second-order valence-corrected chi connectivity index (χ2v) is 34.0. The fraction of sp³-hybridized carbons (Fsp3) is 0. The van der Waals surface area contributed by atoms with Crippen molar-refractivity contribution < 1.29 is 0 Å². The fourth-order valence-electron chi connectivity index (χ4n) is 18.8. The van der Waals surface area contributed by atoms with Crippen LogP contribution in [-0.2, 0) is 0 Å². The van der Waals surface area contributed by atoms with Gasteiger partial charge in [0, 0.05) is 98.7 Å². The first-order chi connectivity index (χ1) is 69.4. The van der Waals surface area contributed by atoms with Gasteiger partial charge in [0.2, 0.25) is 17.8 Å². The Morgan fingerprint density at radius 3 is 0.621 bits per heavy atom. The van der Waals surface area contributed by atoms with E-state index in [2.05, 4.69) is 309 Å². The summed E-state index contributed by atoms with van der Waals surface area (Å²) in [4.78, 5) is 54.2. The van der Waals surface area contributed by atoms with Gasteiger partial charge in [-0.3, -0.25) is 13.7 Å². The van der Waals surface area contributed by atoms with E-state index in [1.165, 1.54) is 65.6 Å². The molecule has 0 saturated carbocycles. The summed E-state index contributed by atoms with van der Waals surface area (Å²) in [5, 5.41) is 10.6. The molecule has 0 unspecified atom stereocenters. The predicted octanol–water partition coefficient (Wildman–Crippen LogP) is 30.3. The van der Waals surface area contributed by atoms with Gasteiger partial charge in [-0.15, -0.1) is 0 Å². The van der Waals surface area contributed by atoms with E-state index in [9.17, 15) is 0 Å². The van der Waals surface area contributed by atoms with Gasteiger partial charge in [-0.2, -0.15) is 19.9 Å². The summed E-state index contributed by atoms with van der Waals surface area (Å²) in [5.41, 5.74) is 24.3. The van der Waals surface area contributed by atoms with Crippen LogP contribution in [0.15, 0.2) is 504 Å². The van der Waals surface area contributed by atoms with Crippen molar-refractivity contribution in [1.82, 2.24) is 73.1 Å². The quantitative estimate of drug-likeness (QED) is 0.102. The zero-order chi connectivity index (χ0) is 93.0. The van der Waals surface area contributed by atoms with Crippen LogP contribution in [0, 0.1) is 0 Å². The van der Waals surface area contributed by atoms with Gasteiger partial charge >= 0.3 is 0 Å². The zero-order valence-corrected chi connectivity index (χ0v) is 75.6. The highest BCUT2D eigenvalue weighted by molar-refractivity contribution is 6.14. The normalized spacial score (nSPS) is 11.3. The number of hydrogen-bond acceptors (Lipinski definition) is 11. The molecule has 0 spiro atoms. The maximum atomic E-state index is 5.07. The molecule has 8 heterocycles. The molecule has 15 nitrogen and oxygen atoms in total. The maximum absolute atomic E-state index is 5.07. The summed E-state index contributed by atoms with van der Waals surface area (Å²) in [6, 6.07) is 173. The van der Waals surface area contributed by atoms with Crippen LogP contribution in [0.2, 0.25) is 0 Å². The van der Waals surface area contributed by atoms with Crippen LogP contribution >= 0.6 is 0 Å². The van der Waals surface area contributed by atoms with Gasteiger partial charge in [0.1, 0.15) is 0 Å². The molecule has 15 heteroatoms. The second-order valence-electron chi connectivity index (χ2n) is 34.0. The first kappa shape index (κ1) is 83.8. The summed E-state index contributed by atoms with van der Waals surface area (Å²) in [6.07, 6.45) is 0. The van der Waals surface area contributed by atoms with Crippen molar-refractivity contribution in [3.63, 3.8) is 0 Å². The zero-order valence-electron chi connectivity index (χ0n) is 75.6. The van der Waals surface area contributed by atoms with Crippen LogP contribution in [0.1, 0.15) is 0 Å². The molecule has 0 bridgehead atoms. The molecule has 19 aromatic carbocycles. The summed E-state index contributed by atoms with van der Waals surface area (Å²) in [7, 11) is 0. The van der Waals surface area contributed by atoms with Crippen molar-refractivity contribution in [3.05, 3.63) is 504 Å². The standard InChI is InChI=1S/C39H26N4.C33H22N4.C27H18N4.C26H17N3/c1-5-13-27(14-6-1)31-21-23-35-33(25-31)34-26-32(28-15-7-2-8-16-28)22-24-36(34)43(35)39-41-37(29-17-9-3-10-18-29)40-38(42-39)30-19-11-4-12-20-30;1-3-11-23(12-4-1)31-34-32(24-13-5-2-6-14-24)36-33(35-31)25-19-21-26(22-20-25)37-29-17-9-7-15-27(29)28-16-8-10-18-30(28)37;1-3-11-19(12-4-1)25-28-26(20-13-5-2-6-14-20)30-27(29-25)31-23-17-9-7-15-21(23)22-16-8-10-18-24(22)31;1-2-10-18(11-3-1)25-21-14-4-7-15-22(21)27-26(28-25)29-23-16-8-5-12-19(23)20-13-6-9-17-24(20)29/h1-26H;1-22H;1-18H;1-17H. The molecule has 0 fully saturated rings. The first-order valence-corrected chi connectivity index (χ1v) is 46.6. The lowest BCUT2D eigenvalue weighted by Crippen LogP contribution is -2.06. The number of aromatic nitrogens is 15. The van der Waals surface area contributed by atoms with Crippen molar-refractivity contribution in [3.8, 4) is 137 Å². The molecule has 140 heavy (non-hydrogen) atoms. The minimum atomic E-state index is 0.590. The van der Waals surface area contributed by atoms with Crippen LogP contribution in [0.4, 0.5) is 0 Å². The largest absolute Gasteiger partial charge is 0.309 e. The van der Waals surface area contributed by atoms with Gasteiger partial charge < -0.3 is 4.57 Å². The van der Waals surface area contributed by atoms with Crippen molar-refractivity contribution in [1.29, 1.82) is 0 Å². The highest BCUT2D eigenvalue weighted by atomic mass is 15.2. The predicted molar refractivity (Wildman–Crippen MR) is 571 cm³/mol. The van der Waals surface area contributed by atoms with E-state index in [-0.39, 0.29) is 0 Å². The summed E-state index contributed by atoms with van der Waals surface area (Å²) >= 11 is 0. The Morgan fingerprint density at radius 1 is 0.121 bits per heavy atom. The number of hydrogen-bond donors (Lipinski definition) is 0. The molecular weight excluding hydrogens is 1710 g/mol.